The molecular weight excluding hydrogens is 299 g/mol. The summed E-state index contributed by atoms with van der Waals surface area (Å²) in [6, 6.07) is 10.6. The summed E-state index contributed by atoms with van der Waals surface area (Å²) >= 11 is 6.05. The summed E-state index contributed by atoms with van der Waals surface area (Å²) in [5, 5.41) is 3.72. The van der Waals surface area contributed by atoms with E-state index >= 15 is 0 Å². The van der Waals surface area contributed by atoms with E-state index in [-0.39, 0.29) is 6.04 Å². The van der Waals surface area contributed by atoms with Gasteiger partial charge in [-0.25, -0.2) is 0 Å². The van der Waals surface area contributed by atoms with Crippen molar-refractivity contribution in [3.8, 4) is 0 Å². The fraction of sp³-hybridized carbons (Fsp3) is 0.250. The molecule has 0 aromatic heterocycles. The molecule has 0 aliphatic heterocycles. The van der Waals surface area contributed by atoms with Gasteiger partial charge in [0, 0.05) is 5.02 Å². The lowest BCUT2D eigenvalue weighted by atomic mass is 9.96. The lowest BCUT2D eigenvalue weighted by molar-refractivity contribution is -0.137. The molecule has 0 spiro atoms. The first-order valence-electron chi connectivity index (χ1n) is 6.43. The summed E-state index contributed by atoms with van der Waals surface area (Å²) < 4.78 is 37.8. The predicted octanol–water partition coefficient (Wildman–Crippen LogP) is 4.98. The molecule has 0 heterocycles. The lowest BCUT2D eigenvalue weighted by Gasteiger charge is -2.19. The zero-order chi connectivity index (χ0) is 15.6. The van der Waals surface area contributed by atoms with E-state index in [1.807, 2.05) is 25.1 Å². The summed E-state index contributed by atoms with van der Waals surface area (Å²) in [6.07, 6.45) is -4.32. The minimum absolute atomic E-state index is 0.204. The van der Waals surface area contributed by atoms with Crippen LogP contribution in [-0.2, 0) is 6.18 Å². The second kappa shape index (κ2) is 6.08. The van der Waals surface area contributed by atoms with Gasteiger partial charge in [-0.3, -0.25) is 0 Å². The summed E-state index contributed by atoms with van der Waals surface area (Å²) in [4.78, 5) is 0. The van der Waals surface area contributed by atoms with Crippen LogP contribution in [0.3, 0.4) is 0 Å². The number of hydrogen-bond donors (Lipinski definition) is 1. The molecule has 0 aliphatic carbocycles. The number of hydrogen-bond acceptors (Lipinski definition) is 1. The van der Waals surface area contributed by atoms with Crippen molar-refractivity contribution in [2.75, 3.05) is 7.05 Å². The van der Waals surface area contributed by atoms with E-state index < -0.39 is 11.7 Å². The van der Waals surface area contributed by atoms with Gasteiger partial charge in [-0.15, -0.1) is 0 Å². The molecule has 2 aromatic rings. The highest BCUT2D eigenvalue weighted by Gasteiger charge is 2.30. The van der Waals surface area contributed by atoms with E-state index in [0.717, 1.165) is 28.8 Å². The van der Waals surface area contributed by atoms with Gasteiger partial charge in [0.05, 0.1) is 11.6 Å². The third-order valence-corrected chi connectivity index (χ3v) is 3.48. The fourth-order valence-corrected chi connectivity index (χ4v) is 2.62. The van der Waals surface area contributed by atoms with E-state index in [4.69, 9.17) is 11.6 Å². The second-order valence-corrected chi connectivity index (χ2v) is 5.34. The molecule has 5 heteroatoms. The monoisotopic (exact) mass is 313 g/mol. The molecule has 1 nitrogen and oxygen atoms in total. The van der Waals surface area contributed by atoms with E-state index in [1.54, 1.807) is 7.05 Å². The molecule has 1 N–H and O–H groups in total. The maximum Gasteiger partial charge on any atom is 0.416 e. The van der Waals surface area contributed by atoms with E-state index in [2.05, 4.69) is 5.32 Å². The molecule has 0 amide bonds. The molecule has 21 heavy (non-hydrogen) atoms. The van der Waals surface area contributed by atoms with Gasteiger partial charge in [0.25, 0.3) is 0 Å². The van der Waals surface area contributed by atoms with Crippen LogP contribution in [0, 0.1) is 6.92 Å². The van der Waals surface area contributed by atoms with Crippen molar-refractivity contribution in [2.24, 2.45) is 0 Å². The van der Waals surface area contributed by atoms with Crippen molar-refractivity contribution in [1.82, 2.24) is 5.32 Å². The Balaban J connectivity index is 2.37. The number of rotatable bonds is 3. The smallest absolute Gasteiger partial charge is 0.309 e. The van der Waals surface area contributed by atoms with Gasteiger partial charge in [-0.05, 0) is 54.9 Å². The Bertz CT molecular complexity index is 600. The second-order valence-electron chi connectivity index (χ2n) is 4.90. The van der Waals surface area contributed by atoms with E-state index in [1.165, 1.54) is 12.1 Å². The molecule has 2 aromatic carbocycles. The van der Waals surface area contributed by atoms with Gasteiger partial charge in [0.1, 0.15) is 0 Å². The highest BCUT2D eigenvalue weighted by molar-refractivity contribution is 6.30. The summed E-state index contributed by atoms with van der Waals surface area (Å²) in [6.45, 7) is 1.93. The Labute approximate surface area is 126 Å². The van der Waals surface area contributed by atoms with Gasteiger partial charge in [-0.2, -0.15) is 13.2 Å². The molecule has 1 unspecified atom stereocenters. The number of aryl methyl sites for hydroxylation is 1. The summed E-state index contributed by atoms with van der Waals surface area (Å²) in [7, 11) is 1.76. The predicted molar refractivity (Wildman–Crippen MR) is 78.5 cm³/mol. The first-order chi connectivity index (χ1) is 9.81. The van der Waals surface area contributed by atoms with Gasteiger partial charge < -0.3 is 5.32 Å². The zero-order valence-corrected chi connectivity index (χ0v) is 12.4. The molecule has 0 saturated heterocycles. The molecule has 0 bridgehead atoms. The molecule has 1 atom stereocenters. The van der Waals surface area contributed by atoms with Crippen LogP contribution in [0.25, 0.3) is 0 Å². The summed E-state index contributed by atoms with van der Waals surface area (Å²) in [5.41, 5.74) is 2.03. The average Bonchev–Trinajstić information content (AvgIpc) is 2.38. The van der Waals surface area contributed by atoms with Crippen LogP contribution in [0.15, 0.2) is 42.5 Å². The molecule has 0 aliphatic rings. The van der Waals surface area contributed by atoms with Crippen molar-refractivity contribution in [2.45, 2.75) is 19.1 Å². The Morgan fingerprint density at radius 3 is 2.10 bits per heavy atom. The van der Waals surface area contributed by atoms with Crippen molar-refractivity contribution in [1.29, 1.82) is 0 Å². The molecule has 112 valence electrons. The maximum atomic E-state index is 12.6. The van der Waals surface area contributed by atoms with Crippen molar-refractivity contribution in [3.05, 3.63) is 69.7 Å². The van der Waals surface area contributed by atoms with Crippen molar-refractivity contribution < 1.29 is 13.2 Å². The van der Waals surface area contributed by atoms with Crippen LogP contribution in [-0.4, -0.2) is 7.05 Å². The normalized spacial score (nSPS) is 13.2. The molecule has 2 rings (SSSR count). The van der Waals surface area contributed by atoms with Gasteiger partial charge in [0.2, 0.25) is 0 Å². The quantitative estimate of drug-likeness (QED) is 0.843. The largest absolute Gasteiger partial charge is 0.416 e. The Hall–Kier alpha value is -1.52. The molecular formula is C16H15ClF3N. The van der Waals surface area contributed by atoms with E-state index in [0.29, 0.717) is 5.02 Å². The van der Waals surface area contributed by atoms with Crippen molar-refractivity contribution in [3.63, 3.8) is 0 Å². The minimum atomic E-state index is -4.32. The Morgan fingerprint density at radius 2 is 1.62 bits per heavy atom. The van der Waals surface area contributed by atoms with Gasteiger partial charge >= 0.3 is 6.18 Å². The minimum Gasteiger partial charge on any atom is -0.309 e. The van der Waals surface area contributed by atoms with Crippen molar-refractivity contribution >= 4 is 11.6 Å². The van der Waals surface area contributed by atoms with Crippen LogP contribution in [0.1, 0.15) is 28.3 Å². The van der Waals surface area contributed by atoms with Gasteiger partial charge in [0.15, 0.2) is 0 Å². The number of benzene rings is 2. The van der Waals surface area contributed by atoms with Crippen LogP contribution in [0.4, 0.5) is 13.2 Å². The third kappa shape index (κ3) is 3.77. The molecule has 0 fully saturated rings. The van der Waals surface area contributed by atoms with Crippen LogP contribution >= 0.6 is 11.6 Å². The Kier molecular flexibility index (Phi) is 4.59. The highest BCUT2D eigenvalue weighted by Crippen LogP contribution is 2.31. The van der Waals surface area contributed by atoms with Gasteiger partial charge in [-0.1, -0.05) is 29.8 Å². The lowest BCUT2D eigenvalue weighted by Crippen LogP contribution is -2.18. The van der Waals surface area contributed by atoms with Crippen LogP contribution in [0.5, 0.6) is 0 Å². The van der Waals surface area contributed by atoms with Crippen LogP contribution < -0.4 is 5.32 Å². The molecule has 0 saturated carbocycles. The standard InChI is InChI=1S/C16H15ClF3N/c1-10-7-12(9-14(17)8-10)15(21-2)11-3-5-13(6-4-11)16(18,19)20/h3-9,15,21H,1-2H3. The van der Waals surface area contributed by atoms with E-state index in [9.17, 15) is 13.2 Å². The summed E-state index contributed by atoms with van der Waals surface area (Å²) in [5.74, 6) is 0. The maximum absolute atomic E-state index is 12.6. The first kappa shape index (κ1) is 15.9. The number of halogens is 4. The highest BCUT2D eigenvalue weighted by atomic mass is 35.5. The first-order valence-corrected chi connectivity index (χ1v) is 6.80. The zero-order valence-electron chi connectivity index (χ0n) is 11.6. The topological polar surface area (TPSA) is 12.0 Å². The SMILES string of the molecule is CNC(c1ccc(C(F)(F)F)cc1)c1cc(C)cc(Cl)c1. The molecule has 0 radical (unpaired) electrons. The Morgan fingerprint density at radius 1 is 1.00 bits per heavy atom. The average molecular weight is 314 g/mol. The van der Waals surface area contributed by atoms with Crippen LogP contribution in [0.2, 0.25) is 5.02 Å². The number of nitrogens with one attached hydrogen (secondary N) is 1. The third-order valence-electron chi connectivity index (χ3n) is 3.26. The fourth-order valence-electron chi connectivity index (χ4n) is 2.32. The number of alkyl halides is 3.